The van der Waals surface area contributed by atoms with Gasteiger partial charge in [-0.15, -0.1) is 0 Å². The van der Waals surface area contributed by atoms with Crippen molar-refractivity contribution in [2.24, 2.45) is 0 Å². The SMILES string of the molecule is O=C1/C(=C\c2ccccc2OCc2ccccc2Cl)SC(=S)N1c1ccc(F)c(Cl)c1. The van der Waals surface area contributed by atoms with Gasteiger partial charge in [0.1, 0.15) is 18.2 Å². The van der Waals surface area contributed by atoms with Crippen LogP contribution in [-0.2, 0) is 11.4 Å². The summed E-state index contributed by atoms with van der Waals surface area (Å²) < 4.78 is 19.8. The molecule has 3 aromatic rings. The summed E-state index contributed by atoms with van der Waals surface area (Å²) in [4.78, 5) is 14.8. The highest BCUT2D eigenvalue weighted by atomic mass is 35.5. The van der Waals surface area contributed by atoms with E-state index in [4.69, 9.17) is 40.2 Å². The molecule has 3 nitrogen and oxygen atoms in total. The lowest BCUT2D eigenvalue weighted by molar-refractivity contribution is -0.113. The maximum absolute atomic E-state index is 13.5. The number of benzene rings is 3. The second-order valence-electron chi connectivity index (χ2n) is 6.53. The lowest BCUT2D eigenvalue weighted by Crippen LogP contribution is -2.27. The van der Waals surface area contributed by atoms with Crippen LogP contribution in [0.1, 0.15) is 11.1 Å². The van der Waals surface area contributed by atoms with E-state index in [1.165, 1.54) is 23.1 Å². The number of rotatable bonds is 5. The van der Waals surface area contributed by atoms with Crippen LogP contribution in [0.5, 0.6) is 5.75 Å². The number of para-hydroxylation sites is 1. The predicted molar refractivity (Wildman–Crippen MR) is 129 cm³/mol. The van der Waals surface area contributed by atoms with Gasteiger partial charge in [-0.25, -0.2) is 4.39 Å². The molecule has 31 heavy (non-hydrogen) atoms. The first-order valence-electron chi connectivity index (χ1n) is 9.12. The Morgan fingerprint density at radius 2 is 1.77 bits per heavy atom. The number of anilines is 1. The molecule has 0 radical (unpaired) electrons. The normalized spacial score (nSPS) is 15.1. The number of carbonyl (C=O) groups excluding carboxylic acids is 1. The minimum Gasteiger partial charge on any atom is -0.488 e. The summed E-state index contributed by atoms with van der Waals surface area (Å²) in [6.07, 6.45) is 1.73. The average Bonchev–Trinajstić information content (AvgIpc) is 3.03. The Labute approximate surface area is 198 Å². The molecular weight excluding hydrogens is 476 g/mol. The molecule has 0 saturated carbocycles. The lowest BCUT2D eigenvalue weighted by Gasteiger charge is -2.15. The number of thiocarbonyl (C=S) groups is 1. The van der Waals surface area contributed by atoms with Crippen LogP contribution in [0.4, 0.5) is 10.1 Å². The third-order valence-electron chi connectivity index (χ3n) is 4.50. The second-order valence-corrected chi connectivity index (χ2v) is 9.02. The van der Waals surface area contributed by atoms with Crippen molar-refractivity contribution < 1.29 is 13.9 Å². The van der Waals surface area contributed by atoms with Gasteiger partial charge in [-0.3, -0.25) is 9.69 Å². The summed E-state index contributed by atoms with van der Waals surface area (Å²) in [6.45, 7) is 0.291. The summed E-state index contributed by atoms with van der Waals surface area (Å²) in [5, 5.41) is 0.549. The molecule has 0 aliphatic carbocycles. The Morgan fingerprint density at radius 3 is 2.55 bits per heavy atom. The zero-order chi connectivity index (χ0) is 22.0. The molecule has 156 valence electrons. The number of hydrogen-bond acceptors (Lipinski definition) is 4. The molecule has 0 atom stereocenters. The van der Waals surface area contributed by atoms with E-state index >= 15 is 0 Å². The maximum Gasteiger partial charge on any atom is 0.270 e. The Bertz CT molecular complexity index is 1220. The fraction of sp³-hybridized carbons (Fsp3) is 0.0435. The molecule has 4 rings (SSSR count). The second kappa shape index (κ2) is 9.40. The largest absolute Gasteiger partial charge is 0.488 e. The maximum atomic E-state index is 13.5. The van der Waals surface area contributed by atoms with E-state index in [9.17, 15) is 9.18 Å². The molecule has 0 N–H and O–H groups in total. The molecule has 1 aliphatic heterocycles. The molecule has 1 saturated heterocycles. The highest BCUT2D eigenvalue weighted by Gasteiger charge is 2.33. The average molecular weight is 490 g/mol. The third kappa shape index (κ3) is 4.77. The minimum absolute atomic E-state index is 0.0751. The predicted octanol–water partition coefficient (Wildman–Crippen LogP) is 7.12. The zero-order valence-corrected chi connectivity index (χ0v) is 19.0. The van der Waals surface area contributed by atoms with Crippen LogP contribution in [0.15, 0.2) is 71.6 Å². The van der Waals surface area contributed by atoms with Gasteiger partial charge in [0.2, 0.25) is 0 Å². The van der Waals surface area contributed by atoms with Crippen LogP contribution in [0.2, 0.25) is 10.0 Å². The van der Waals surface area contributed by atoms with Crippen LogP contribution in [-0.4, -0.2) is 10.2 Å². The van der Waals surface area contributed by atoms with E-state index in [0.29, 0.717) is 32.3 Å². The van der Waals surface area contributed by atoms with Crippen LogP contribution >= 0.6 is 47.2 Å². The van der Waals surface area contributed by atoms with E-state index in [-0.39, 0.29) is 10.9 Å². The quantitative estimate of drug-likeness (QED) is 0.282. The fourth-order valence-electron chi connectivity index (χ4n) is 2.96. The van der Waals surface area contributed by atoms with Gasteiger partial charge in [0, 0.05) is 16.1 Å². The Kier molecular flexibility index (Phi) is 6.62. The van der Waals surface area contributed by atoms with Crippen molar-refractivity contribution in [1.82, 2.24) is 0 Å². The van der Waals surface area contributed by atoms with E-state index in [2.05, 4.69) is 0 Å². The van der Waals surface area contributed by atoms with E-state index < -0.39 is 5.82 Å². The summed E-state index contributed by atoms with van der Waals surface area (Å²) in [5.74, 6) is -0.257. The van der Waals surface area contributed by atoms with Gasteiger partial charge in [0.05, 0.1) is 15.6 Å². The highest BCUT2D eigenvalue weighted by Crippen LogP contribution is 2.38. The van der Waals surface area contributed by atoms with E-state index in [1.54, 1.807) is 12.1 Å². The molecule has 1 aliphatic rings. The lowest BCUT2D eigenvalue weighted by atomic mass is 10.1. The van der Waals surface area contributed by atoms with Crippen LogP contribution in [0, 0.1) is 5.82 Å². The molecule has 1 fully saturated rings. The Balaban J connectivity index is 1.59. The number of amides is 1. The molecule has 0 bridgehead atoms. The third-order valence-corrected chi connectivity index (χ3v) is 6.46. The molecule has 3 aromatic carbocycles. The molecule has 1 amide bonds. The summed E-state index contributed by atoms with van der Waals surface area (Å²) >= 11 is 18.6. The molecule has 8 heteroatoms. The number of ether oxygens (including phenoxy) is 1. The van der Waals surface area contributed by atoms with Gasteiger partial charge in [-0.2, -0.15) is 0 Å². The van der Waals surface area contributed by atoms with Crippen molar-refractivity contribution in [2.75, 3.05) is 4.90 Å². The minimum atomic E-state index is -0.559. The first kappa shape index (κ1) is 21.8. The summed E-state index contributed by atoms with van der Waals surface area (Å²) in [7, 11) is 0. The van der Waals surface area contributed by atoms with Crippen molar-refractivity contribution in [3.05, 3.63) is 98.6 Å². The van der Waals surface area contributed by atoms with Crippen LogP contribution < -0.4 is 9.64 Å². The van der Waals surface area contributed by atoms with Gasteiger partial charge in [0.15, 0.2) is 4.32 Å². The van der Waals surface area contributed by atoms with Crippen molar-refractivity contribution in [1.29, 1.82) is 0 Å². The first-order chi connectivity index (χ1) is 14.9. The summed E-state index contributed by atoms with van der Waals surface area (Å²) in [6, 6.07) is 18.9. The highest BCUT2D eigenvalue weighted by molar-refractivity contribution is 8.27. The van der Waals surface area contributed by atoms with Crippen molar-refractivity contribution >= 4 is 69.2 Å². The van der Waals surface area contributed by atoms with Gasteiger partial charge in [-0.05, 0) is 36.4 Å². The number of thioether (sulfide) groups is 1. The fourth-order valence-corrected chi connectivity index (χ4v) is 4.61. The van der Waals surface area contributed by atoms with Crippen molar-refractivity contribution in [3.63, 3.8) is 0 Å². The van der Waals surface area contributed by atoms with Crippen LogP contribution in [0.25, 0.3) is 6.08 Å². The topological polar surface area (TPSA) is 29.5 Å². The monoisotopic (exact) mass is 489 g/mol. The molecule has 0 aromatic heterocycles. The van der Waals surface area contributed by atoms with Crippen molar-refractivity contribution in [3.8, 4) is 5.75 Å². The standard InChI is InChI=1S/C23H14Cl2FNO2S2/c24-17-7-3-1-6-15(17)13-29-20-8-4-2-5-14(20)11-21-22(28)27(23(30)31-21)16-9-10-19(26)18(25)12-16/h1-12H,13H2/b21-11+. The van der Waals surface area contributed by atoms with E-state index in [1.807, 2.05) is 42.5 Å². The first-order valence-corrected chi connectivity index (χ1v) is 11.1. The number of carbonyl (C=O) groups is 1. The molecule has 0 unspecified atom stereocenters. The summed E-state index contributed by atoms with van der Waals surface area (Å²) in [5.41, 5.74) is 2.01. The van der Waals surface area contributed by atoms with Gasteiger partial charge < -0.3 is 4.74 Å². The Hall–Kier alpha value is -2.38. The smallest absolute Gasteiger partial charge is 0.270 e. The van der Waals surface area contributed by atoms with Gasteiger partial charge in [0.25, 0.3) is 5.91 Å². The molecular formula is C23H14Cl2FNO2S2. The molecule has 1 heterocycles. The Morgan fingerprint density at radius 1 is 1.03 bits per heavy atom. The van der Waals surface area contributed by atoms with Gasteiger partial charge in [-0.1, -0.05) is 83.6 Å². The van der Waals surface area contributed by atoms with Gasteiger partial charge >= 0.3 is 0 Å². The zero-order valence-electron chi connectivity index (χ0n) is 15.8. The number of nitrogens with zero attached hydrogens (tertiary/aromatic N) is 1. The number of halogens is 3. The van der Waals surface area contributed by atoms with E-state index in [0.717, 1.165) is 22.9 Å². The number of hydrogen-bond donors (Lipinski definition) is 0. The molecule has 0 spiro atoms. The van der Waals surface area contributed by atoms with Crippen LogP contribution in [0.3, 0.4) is 0 Å². The van der Waals surface area contributed by atoms with Crippen molar-refractivity contribution in [2.45, 2.75) is 6.61 Å².